The first-order valence-corrected chi connectivity index (χ1v) is 16.8. The highest BCUT2D eigenvalue weighted by atomic mass is 79.9. The first-order valence-electron chi connectivity index (χ1n) is 14.6. The van der Waals surface area contributed by atoms with Crippen molar-refractivity contribution in [2.24, 2.45) is 0 Å². The van der Waals surface area contributed by atoms with Crippen molar-refractivity contribution in [1.82, 2.24) is 10.2 Å². The van der Waals surface area contributed by atoms with Gasteiger partial charge in [0, 0.05) is 23.5 Å². The monoisotopic (exact) mass is 691 g/mol. The molecule has 4 aromatic carbocycles. The zero-order chi connectivity index (χ0) is 32.6. The largest absolute Gasteiger partial charge is 0.495 e. The molecule has 1 N–H and O–H groups in total. The fourth-order valence-corrected chi connectivity index (χ4v) is 6.60. The Labute approximate surface area is 274 Å². The Morgan fingerprint density at radius 2 is 1.47 bits per heavy atom. The molecule has 4 rings (SSSR count). The van der Waals surface area contributed by atoms with Crippen molar-refractivity contribution in [3.05, 3.63) is 124 Å². The van der Waals surface area contributed by atoms with Gasteiger partial charge in [-0.05, 0) is 68.3 Å². The van der Waals surface area contributed by atoms with Crippen LogP contribution in [0.2, 0.25) is 0 Å². The maximum Gasteiger partial charge on any atom is 0.264 e. The van der Waals surface area contributed by atoms with Crippen molar-refractivity contribution >= 4 is 43.5 Å². The van der Waals surface area contributed by atoms with Crippen LogP contribution in [-0.4, -0.2) is 50.9 Å². The summed E-state index contributed by atoms with van der Waals surface area (Å²) in [5, 5.41) is 2.97. The van der Waals surface area contributed by atoms with Crippen LogP contribution in [0.1, 0.15) is 30.5 Å². The van der Waals surface area contributed by atoms with E-state index in [-0.39, 0.29) is 35.5 Å². The Morgan fingerprint density at radius 1 is 0.844 bits per heavy atom. The third-order valence-electron chi connectivity index (χ3n) is 7.21. The minimum absolute atomic E-state index is 0.0321. The summed E-state index contributed by atoms with van der Waals surface area (Å²) in [5.74, 6) is -0.581. The third-order valence-corrected chi connectivity index (χ3v) is 9.51. The summed E-state index contributed by atoms with van der Waals surface area (Å²) in [7, 11) is -2.79. The molecule has 0 unspecified atom stereocenters. The van der Waals surface area contributed by atoms with E-state index in [4.69, 9.17) is 4.74 Å². The molecule has 0 saturated heterocycles. The number of aryl methyl sites for hydroxylation is 1. The van der Waals surface area contributed by atoms with Crippen LogP contribution in [-0.2, 0) is 32.6 Å². The molecule has 2 amide bonds. The average molecular weight is 693 g/mol. The number of hydrogen-bond donors (Lipinski definition) is 1. The zero-order valence-corrected chi connectivity index (χ0v) is 28.2. The summed E-state index contributed by atoms with van der Waals surface area (Å²) >= 11 is 3.45. The smallest absolute Gasteiger partial charge is 0.264 e. The summed E-state index contributed by atoms with van der Waals surface area (Å²) in [4.78, 5) is 29.8. The van der Waals surface area contributed by atoms with E-state index in [0.29, 0.717) is 5.75 Å². The topological polar surface area (TPSA) is 96.0 Å². The molecule has 45 heavy (non-hydrogen) atoms. The molecule has 0 aliphatic carbocycles. The van der Waals surface area contributed by atoms with Crippen LogP contribution in [0.25, 0.3) is 0 Å². The van der Waals surface area contributed by atoms with Crippen LogP contribution in [0.5, 0.6) is 5.75 Å². The fourth-order valence-electron chi connectivity index (χ4n) is 4.91. The highest BCUT2D eigenvalue weighted by Crippen LogP contribution is 2.33. The Balaban J connectivity index is 1.83. The Hall–Kier alpha value is -4.15. The first kappa shape index (κ1) is 33.7. The highest BCUT2D eigenvalue weighted by Gasteiger charge is 2.35. The van der Waals surface area contributed by atoms with Crippen molar-refractivity contribution in [3.63, 3.8) is 0 Å². The second-order valence-electron chi connectivity index (χ2n) is 11.0. The molecule has 0 spiro atoms. The van der Waals surface area contributed by atoms with Crippen molar-refractivity contribution in [3.8, 4) is 5.75 Å². The molecule has 0 radical (unpaired) electrons. The van der Waals surface area contributed by atoms with Gasteiger partial charge in [-0.3, -0.25) is 13.9 Å². The molecule has 0 aliphatic rings. The zero-order valence-electron chi connectivity index (χ0n) is 25.8. The van der Waals surface area contributed by atoms with E-state index in [0.717, 1.165) is 25.5 Å². The number of halogens is 1. The Bertz CT molecular complexity index is 1700. The summed E-state index contributed by atoms with van der Waals surface area (Å²) < 4.78 is 35.9. The van der Waals surface area contributed by atoms with E-state index in [1.54, 1.807) is 36.4 Å². The minimum Gasteiger partial charge on any atom is -0.495 e. The maximum absolute atomic E-state index is 14.5. The minimum atomic E-state index is -4.24. The van der Waals surface area contributed by atoms with Gasteiger partial charge in [0.2, 0.25) is 11.8 Å². The van der Waals surface area contributed by atoms with Gasteiger partial charge in [0.15, 0.2) is 0 Å². The SMILES string of the molecule is COc1ccccc1N(CC(=O)N(Cc1ccc(Br)cc1)[C@@H](Cc1ccccc1)C(=O)NC(C)C)S(=O)(=O)c1ccc(C)cc1. The summed E-state index contributed by atoms with van der Waals surface area (Å²) in [6, 6.07) is 28.9. The third kappa shape index (κ3) is 8.73. The first-order chi connectivity index (χ1) is 21.5. The molecular formula is C35H38BrN3O5S. The lowest BCUT2D eigenvalue weighted by Gasteiger charge is -2.34. The summed E-state index contributed by atoms with van der Waals surface area (Å²) in [5.41, 5.74) is 2.76. The van der Waals surface area contributed by atoms with Crippen molar-refractivity contribution in [2.75, 3.05) is 18.0 Å². The molecule has 0 aromatic heterocycles. The lowest BCUT2D eigenvalue weighted by atomic mass is 10.0. The average Bonchev–Trinajstić information content (AvgIpc) is 3.02. The van der Waals surface area contributed by atoms with Gasteiger partial charge in [-0.1, -0.05) is 88.2 Å². The van der Waals surface area contributed by atoms with Crippen LogP contribution < -0.4 is 14.4 Å². The number of nitrogens with one attached hydrogen (secondary N) is 1. The van der Waals surface area contributed by atoms with Crippen LogP contribution in [0.15, 0.2) is 112 Å². The van der Waals surface area contributed by atoms with E-state index >= 15 is 0 Å². The predicted molar refractivity (Wildman–Crippen MR) is 181 cm³/mol. The molecule has 0 aliphatic heterocycles. The van der Waals surface area contributed by atoms with Gasteiger partial charge in [0.05, 0.1) is 17.7 Å². The van der Waals surface area contributed by atoms with Gasteiger partial charge >= 0.3 is 0 Å². The van der Waals surface area contributed by atoms with E-state index in [1.165, 1.54) is 24.1 Å². The number of ether oxygens (including phenoxy) is 1. The van der Waals surface area contributed by atoms with Crippen molar-refractivity contribution < 1.29 is 22.7 Å². The van der Waals surface area contributed by atoms with Gasteiger partial charge in [0.1, 0.15) is 18.3 Å². The van der Waals surface area contributed by atoms with E-state index in [2.05, 4.69) is 21.2 Å². The normalized spacial score (nSPS) is 12.0. The lowest BCUT2D eigenvalue weighted by molar-refractivity contribution is -0.140. The van der Waals surface area contributed by atoms with Gasteiger partial charge in [-0.2, -0.15) is 0 Å². The fraction of sp³-hybridized carbons (Fsp3) is 0.257. The molecule has 0 bridgehead atoms. The standard InChI is InChI=1S/C35H38BrN3O5S/c1-25(2)37-35(41)32(22-27-10-6-5-7-11-27)38(23-28-16-18-29(36)19-17-28)34(40)24-39(31-12-8-9-13-33(31)44-4)45(42,43)30-20-14-26(3)15-21-30/h5-21,25,32H,22-24H2,1-4H3,(H,37,41)/t32-/m0/s1. The Morgan fingerprint density at radius 3 is 2.09 bits per heavy atom. The number of hydrogen-bond acceptors (Lipinski definition) is 5. The van der Waals surface area contributed by atoms with Crippen LogP contribution in [0.4, 0.5) is 5.69 Å². The molecule has 236 valence electrons. The van der Waals surface area contributed by atoms with Gasteiger partial charge in [-0.25, -0.2) is 8.42 Å². The van der Waals surface area contributed by atoms with Crippen molar-refractivity contribution in [2.45, 2.75) is 50.7 Å². The predicted octanol–water partition coefficient (Wildman–Crippen LogP) is 6.13. The highest BCUT2D eigenvalue weighted by molar-refractivity contribution is 9.10. The summed E-state index contributed by atoms with van der Waals surface area (Å²) in [6.07, 6.45) is 0.237. The molecule has 0 fully saturated rings. The number of anilines is 1. The molecule has 4 aromatic rings. The molecular weight excluding hydrogens is 654 g/mol. The second kappa shape index (κ2) is 15.2. The molecule has 0 saturated carbocycles. The molecule has 0 heterocycles. The van der Waals surface area contributed by atoms with Crippen LogP contribution >= 0.6 is 15.9 Å². The number of carbonyl (C=O) groups excluding carboxylic acids is 2. The molecule has 8 nitrogen and oxygen atoms in total. The maximum atomic E-state index is 14.5. The number of nitrogens with zero attached hydrogens (tertiary/aromatic N) is 2. The second-order valence-corrected chi connectivity index (χ2v) is 13.8. The lowest BCUT2D eigenvalue weighted by Crippen LogP contribution is -2.54. The quantitative estimate of drug-likeness (QED) is 0.182. The number of methoxy groups -OCH3 is 1. The number of sulfonamides is 1. The van der Waals surface area contributed by atoms with E-state index < -0.39 is 28.5 Å². The van der Waals surface area contributed by atoms with Gasteiger partial charge in [-0.15, -0.1) is 0 Å². The number of benzene rings is 4. The number of carbonyl (C=O) groups is 2. The van der Waals surface area contributed by atoms with E-state index in [9.17, 15) is 18.0 Å². The number of rotatable bonds is 13. The van der Waals surface area contributed by atoms with Gasteiger partial charge in [0.25, 0.3) is 10.0 Å². The summed E-state index contributed by atoms with van der Waals surface area (Å²) in [6.45, 7) is 5.10. The Kier molecular flexibility index (Phi) is 11.4. The van der Waals surface area contributed by atoms with Crippen molar-refractivity contribution in [1.29, 1.82) is 0 Å². The number of amides is 2. The van der Waals surface area contributed by atoms with Crippen LogP contribution in [0, 0.1) is 6.92 Å². The molecule has 1 atom stereocenters. The van der Waals surface area contributed by atoms with E-state index in [1.807, 2.05) is 75.4 Å². The molecule has 10 heteroatoms. The van der Waals surface area contributed by atoms with Gasteiger partial charge < -0.3 is 15.0 Å². The van der Waals surface area contributed by atoms with Crippen LogP contribution in [0.3, 0.4) is 0 Å². The number of para-hydroxylation sites is 2.